The van der Waals surface area contributed by atoms with Crippen molar-refractivity contribution in [2.75, 3.05) is 25.0 Å². The Morgan fingerprint density at radius 3 is 2.59 bits per heavy atom. The first kappa shape index (κ1) is 23.8. The maximum absolute atomic E-state index is 12.5. The summed E-state index contributed by atoms with van der Waals surface area (Å²) in [6, 6.07) is 22.5. The molecular weight excluding hydrogens is 426 g/mol. The number of rotatable bonds is 10. The minimum absolute atomic E-state index is 0.177. The van der Waals surface area contributed by atoms with Gasteiger partial charge in [-0.2, -0.15) is 0 Å². The molecule has 1 unspecified atom stereocenters. The zero-order chi connectivity index (χ0) is 23.8. The van der Waals surface area contributed by atoms with Gasteiger partial charge in [0.2, 0.25) is 0 Å². The maximum Gasteiger partial charge on any atom is 0.319 e. The number of carboxylic acid groups (broad SMARTS) is 1. The van der Waals surface area contributed by atoms with Crippen LogP contribution in [0.4, 0.5) is 10.5 Å². The van der Waals surface area contributed by atoms with Gasteiger partial charge in [0.25, 0.3) is 0 Å². The topological polar surface area (TPSA) is 81.7 Å². The fraction of sp³-hybridized carbons (Fsp3) is 0.357. The third-order valence-electron chi connectivity index (χ3n) is 6.56. The first-order valence-corrected chi connectivity index (χ1v) is 12.2. The third-order valence-corrected chi connectivity index (χ3v) is 6.56. The fourth-order valence-electron chi connectivity index (χ4n) is 4.95. The van der Waals surface area contributed by atoms with Crippen LogP contribution in [0.2, 0.25) is 0 Å². The summed E-state index contributed by atoms with van der Waals surface area (Å²) in [5.41, 5.74) is 3.56. The van der Waals surface area contributed by atoms with Gasteiger partial charge in [-0.25, -0.2) is 4.79 Å². The lowest BCUT2D eigenvalue weighted by Gasteiger charge is -2.36. The SMILES string of the molecule is O=C(O)CCCN(CCCNC(=O)Nc1cccc2ccccc12)C1CCCc2ccccc21. The van der Waals surface area contributed by atoms with Gasteiger partial charge in [-0.1, -0.05) is 60.7 Å². The van der Waals surface area contributed by atoms with Crippen molar-refractivity contribution in [2.45, 2.75) is 44.6 Å². The highest BCUT2D eigenvalue weighted by Crippen LogP contribution is 2.34. The van der Waals surface area contributed by atoms with E-state index < -0.39 is 5.97 Å². The molecule has 0 spiro atoms. The van der Waals surface area contributed by atoms with Crippen LogP contribution >= 0.6 is 0 Å². The molecule has 0 bridgehead atoms. The monoisotopic (exact) mass is 459 g/mol. The van der Waals surface area contributed by atoms with Crippen molar-refractivity contribution in [1.82, 2.24) is 10.2 Å². The molecule has 1 aliphatic carbocycles. The number of fused-ring (bicyclic) bond motifs is 2. The molecule has 1 atom stereocenters. The molecule has 0 saturated heterocycles. The lowest BCUT2D eigenvalue weighted by molar-refractivity contribution is -0.137. The first-order valence-electron chi connectivity index (χ1n) is 12.2. The normalized spacial score (nSPS) is 15.1. The number of carboxylic acids is 1. The van der Waals surface area contributed by atoms with E-state index in [1.54, 1.807) is 0 Å². The Balaban J connectivity index is 1.32. The summed E-state index contributed by atoms with van der Waals surface area (Å²) in [5, 5.41) is 17.1. The zero-order valence-electron chi connectivity index (χ0n) is 19.5. The average Bonchev–Trinajstić information content (AvgIpc) is 2.85. The highest BCUT2D eigenvalue weighted by molar-refractivity contribution is 6.01. The van der Waals surface area contributed by atoms with Crippen LogP contribution in [0.15, 0.2) is 66.7 Å². The lowest BCUT2D eigenvalue weighted by Crippen LogP contribution is -2.36. The van der Waals surface area contributed by atoms with E-state index in [-0.39, 0.29) is 12.5 Å². The number of anilines is 1. The molecular formula is C28H33N3O3. The highest BCUT2D eigenvalue weighted by Gasteiger charge is 2.25. The van der Waals surface area contributed by atoms with Crippen molar-refractivity contribution < 1.29 is 14.7 Å². The van der Waals surface area contributed by atoms with Crippen molar-refractivity contribution in [3.05, 3.63) is 77.9 Å². The summed E-state index contributed by atoms with van der Waals surface area (Å²) in [6.45, 7) is 2.11. The lowest BCUT2D eigenvalue weighted by atomic mass is 9.86. The maximum atomic E-state index is 12.5. The van der Waals surface area contributed by atoms with Crippen LogP contribution in [0.1, 0.15) is 49.3 Å². The van der Waals surface area contributed by atoms with Gasteiger partial charge in [-0.15, -0.1) is 0 Å². The number of nitrogens with one attached hydrogen (secondary N) is 2. The van der Waals surface area contributed by atoms with Crippen molar-refractivity contribution in [2.24, 2.45) is 0 Å². The van der Waals surface area contributed by atoms with Crippen LogP contribution in [0.3, 0.4) is 0 Å². The van der Waals surface area contributed by atoms with Gasteiger partial charge in [0.1, 0.15) is 0 Å². The third kappa shape index (κ3) is 6.14. The molecule has 3 N–H and O–H groups in total. The Bertz CT molecular complexity index is 1130. The number of hydrogen-bond donors (Lipinski definition) is 3. The molecule has 6 nitrogen and oxygen atoms in total. The summed E-state index contributed by atoms with van der Waals surface area (Å²) in [6.07, 6.45) is 4.93. The molecule has 0 fully saturated rings. The second kappa shape index (κ2) is 11.7. The van der Waals surface area contributed by atoms with Crippen LogP contribution < -0.4 is 10.6 Å². The molecule has 0 heterocycles. The fourth-order valence-corrected chi connectivity index (χ4v) is 4.95. The Morgan fingerprint density at radius 2 is 1.71 bits per heavy atom. The minimum atomic E-state index is -0.754. The quantitative estimate of drug-likeness (QED) is 0.345. The second-order valence-corrected chi connectivity index (χ2v) is 8.90. The van der Waals surface area contributed by atoms with E-state index in [9.17, 15) is 9.59 Å². The number of aryl methyl sites for hydroxylation is 1. The van der Waals surface area contributed by atoms with Gasteiger partial charge in [-0.3, -0.25) is 9.69 Å². The molecule has 6 heteroatoms. The summed E-state index contributed by atoms with van der Waals surface area (Å²) in [7, 11) is 0. The smallest absolute Gasteiger partial charge is 0.319 e. The largest absolute Gasteiger partial charge is 0.481 e. The van der Waals surface area contributed by atoms with Crippen LogP contribution in [-0.4, -0.2) is 41.6 Å². The Hall–Kier alpha value is -3.38. The van der Waals surface area contributed by atoms with Gasteiger partial charge in [0.05, 0.1) is 5.69 Å². The van der Waals surface area contributed by atoms with Crippen LogP contribution in [-0.2, 0) is 11.2 Å². The predicted octanol–water partition coefficient (Wildman–Crippen LogP) is 5.60. The van der Waals surface area contributed by atoms with Gasteiger partial charge < -0.3 is 15.7 Å². The zero-order valence-corrected chi connectivity index (χ0v) is 19.5. The molecule has 1 aliphatic rings. The van der Waals surface area contributed by atoms with Crippen molar-refractivity contribution in [3.8, 4) is 0 Å². The highest BCUT2D eigenvalue weighted by atomic mass is 16.4. The molecule has 0 aliphatic heterocycles. The van der Waals surface area contributed by atoms with Crippen molar-refractivity contribution >= 4 is 28.5 Å². The number of carbonyl (C=O) groups excluding carboxylic acids is 1. The van der Waals surface area contributed by atoms with Crippen LogP contribution in [0.5, 0.6) is 0 Å². The summed E-state index contributed by atoms with van der Waals surface area (Å²) < 4.78 is 0. The van der Waals surface area contributed by atoms with Crippen molar-refractivity contribution in [1.29, 1.82) is 0 Å². The Kier molecular flexibility index (Phi) is 8.15. The van der Waals surface area contributed by atoms with Crippen LogP contribution in [0, 0.1) is 0 Å². The molecule has 4 rings (SSSR count). The predicted molar refractivity (Wildman–Crippen MR) is 136 cm³/mol. The molecule has 178 valence electrons. The molecule has 3 aromatic rings. The molecule has 34 heavy (non-hydrogen) atoms. The number of nitrogens with zero attached hydrogens (tertiary/aromatic N) is 1. The van der Waals surface area contributed by atoms with E-state index in [2.05, 4.69) is 39.8 Å². The van der Waals surface area contributed by atoms with Crippen molar-refractivity contribution in [3.63, 3.8) is 0 Å². The number of hydrogen-bond acceptors (Lipinski definition) is 3. The molecule has 2 amide bonds. The van der Waals surface area contributed by atoms with E-state index in [0.29, 0.717) is 19.0 Å². The minimum Gasteiger partial charge on any atom is -0.481 e. The number of benzene rings is 3. The van der Waals surface area contributed by atoms with Crippen LogP contribution in [0.25, 0.3) is 10.8 Å². The summed E-state index contributed by atoms with van der Waals surface area (Å²) >= 11 is 0. The van der Waals surface area contributed by atoms with E-state index in [1.807, 2.05) is 42.5 Å². The van der Waals surface area contributed by atoms with E-state index in [4.69, 9.17) is 5.11 Å². The van der Waals surface area contributed by atoms with Gasteiger partial charge >= 0.3 is 12.0 Å². The average molecular weight is 460 g/mol. The number of urea groups is 1. The van der Waals surface area contributed by atoms with E-state index in [0.717, 1.165) is 55.2 Å². The van der Waals surface area contributed by atoms with Gasteiger partial charge in [0.15, 0.2) is 0 Å². The first-order chi connectivity index (χ1) is 16.6. The second-order valence-electron chi connectivity index (χ2n) is 8.90. The standard InChI is InChI=1S/C28H33N3O3/c32-27(33)17-7-19-31(26-16-6-12-22-10-2-4-14-24(22)26)20-8-18-29-28(34)30-25-15-5-11-21-9-1-3-13-23(21)25/h1-5,9-11,13-15,26H,6-8,12,16-20H2,(H,32,33)(H2,29,30,34). The summed E-state index contributed by atoms with van der Waals surface area (Å²) in [4.78, 5) is 26.0. The molecule has 0 radical (unpaired) electrons. The number of carbonyl (C=O) groups is 2. The molecule has 0 aromatic heterocycles. The van der Waals surface area contributed by atoms with Gasteiger partial charge in [-0.05, 0) is 61.2 Å². The van der Waals surface area contributed by atoms with E-state index in [1.165, 1.54) is 11.1 Å². The van der Waals surface area contributed by atoms with E-state index >= 15 is 0 Å². The molecule has 3 aromatic carbocycles. The Morgan fingerprint density at radius 1 is 0.941 bits per heavy atom. The number of amides is 2. The number of aliphatic carboxylic acids is 1. The van der Waals surface area contributed by atoms with Gasteiger partial charge in [0, 0.05) is 30.9 Å². The molecule has 0 saturated carbocycles. The Labute approximate surface area is 201 Å². The summed E-state index contributed by atoms with van der Waals surface area (Å²) in [5.74, 6) is -0.754.